The molecule has 43 heavy (non-hydrogen) atoms. The first-order chi connectivity index (χ1) is 20.5. The van der Waals surface area contributed by atoms with Crippen LogP contribution in [0.25, 0.3) is 22.2 Å². The maximum atomic E-state index is 13.1. The summed E-state index contributed by atoms with van der Waals surface area (Å²) in [6.45, 7) is 0.372. The van der Waals surface area contributed by atoms with E-state index in [2.05, 4.69) is 30.2 Å². The van der Waals surface area contributed by atoms with Gasteiger partial charge in [0.05, 0.1) is 17.6 Å². The van der Waals surface area contributed by atoms with E-state index in [1.54, 1.807) is 31.4 Å². The summed E-state index contributed by atoms with van der Waals surface area (Å²) in [6.07, 6.45) is 4.43. The Bertz CT molecular complexity index is 1690. The van der Waals surface area contributed by atoms with E-state index in [0.29, 0.717) is 29.9 Å². The number of methoxy groups -OCH3 is 1. The first-order valence-corrected chi connectivity index (χ1v) is 13.9. The van der Waals surface area contributed by atoms with E-state index in [0.717, 1.165) is 61.6 Å². The van der Waals surface area contributed by atoms with Crippen LogP contribution in [0.1, 0.15) is 54.4 Å². The number of halogens is 3. The number of anilines is 2. The molecule has 0 saturated heterocycles. The fourth-order valence-corrected chi connectivity index (χ4v) is 6.56. The number of pyridine rings is 1. The highest BCUT2D eigenvalue weighted by Gasteiger charge is 2.56. The van der Waals surface area contributed by atoms with Crippen molar-refractivity contribution in [2.45, 2.75) is 55.8 Å². The molecule has 2 fully saturated rings. The Morgan fingerprint density at radius 1 is 1.07 bits per heavy atom. The molecule has 2 amide bonds. The number of benzene rings is 1. The third-order valence-corrected chi connectivity index (χ3v) is 8.65. The number of hydrogen-bond acceptors (Lipinski definition) is 7. The van der Waals surface area contributed by atoms with Crippen LogP contribution in [0.3, 0.4) is 0 Å². The number of fused-ring (bicyclic) bond motifs is 3. The number of ether oxygens (including phenoxy) is 1. The minimum absolute atomic E-state index is 0.0165. The summed E-state index contributed by atoms with van der Waals surface area (Å²) in [7, 11) is 1.57. The molecule has 0 aliphatic heterocycles. The number of rotatable bonds is 8. The van der Waals surface area contributed by atoms with Gasteiger partial charge in [0.2, 0.25) is 5.91 Å². The van der Waals surface area contributed by atoms with Crippen LogP contribution in [0.4, 0.5) is 24.8 Å². The molecule has 2 aliphatic carbocycles. The fraction of sp³-hybridized carbons (Fsp3) is 0.367. The molecule has 3 heterocycles. The number of alkyl halides is 3. The van der Waals surface area contributed by atoms with Crippen LogP contribution < -0.4 is 16.4 Å². The van der Waals surface area contributed by atoms with Crippen LogP contribution >= 0.6 is 0 Å². The molecule has 13 heteroatoms. The van der Waals surface area contributed by atoms with Crippen LogP contribution in [0, 0.1) is 0 Å². The molecule has 10 nitrogen and oxygen atoms in total. The number of nitrogens with zero attached hydrogens (tertiary/aromatic N) is 4. The largest absolute Gasteiger partial charge is 0.416 e. The third-order valence-electron chi connectivity index (χ3n) is 8.65. The van der Waals surface area contributed by atoms with Gasteiger partial charge in [0.1, 0.15) is 23.6 Å². The monoisotopic (exact) mass is 593 g/mol. The zero-order valence-electron chi connectivity index (χ0n) is 23.4. The minimum atomic E-state index is -4.55. The van der Waals surface area contributed by atoms with Gasteiger partial charge in [0, 0.05) is 48.1 Å². The Kier molecular flexibility index (Phi) is 7.07. The minimum Gasteiger partial charge on any atom is -0.384 e. The lowest BCUT2D eigenvalue weighted by Gasteiger charge is -2.29. The number of amides is 2. The zero-order valence-corrected chi connectivity index (χ0v) is 23.4. The van der Waals surface area contributed by atoms with Crippen LogP contribution in [-0.2, 0) is 21.2 Å². The molecular weight excluding hydrogens is 563 g/mol. The van der Waals surface area contributed by atoms with E-state index < -0.39 is 17.6 Å². The van der Waals surface area contributed by atoms with Crippen molar-refractivity contribution in [2.75, 3.05) is 24.8 Å². The molecule has 3 aromatic heterocycles. The van der Waals surface area contributed by atoms with Crippen molar-refractivity contribution in [3.8, 4) is 11.1 Å². The van der Waals surface area contributed by atoms with Crippen LogP contribution in [0.5, 0.6) is 0 Å². The summed E-state index contributed by atoms with van der Waals surface area (Å²) in [5, 5.41) is 6.38. The number of carbonyl (C=O) groups is 2. The van der Waals surface area contributed by atoms with E-state index in [1.165, 1.54) is 6.33 Å². The van der Waals surface area contributed by atoms with Crippen molar-refractivity contribution in [2.24, 2.45) is 0 Å². The predicted molar refractivity (Wildman–Crippen MR) is 153 cm³/mol. The van der Waals surface area contributed by atoms with Gasteiger partial charge in [0.25, 0.3) is 5.91 Å². The van der Waals surface area contributed by atoms with Crippen molar-refractivity contribution in [3.63, 3.8) is 0 Å². The quantitative estimate of drug-likeness (QED) is 0.264. The summed E-state index contributed by atoms with van der Waals surface area (Å²) in [6, 6.07) is 8.31. The number of aromatic nitrogens is 4. The number of nitrogens with one attached hydrogen (secondary N) is 2. The highest BCUT2D eigenvalue weighted by atomic mass is 19.4. The summed E-state index contributed by atoms with van der Waals surface area (Å²) in [5.41, 5.74) is 7.44. The lowest BCUT2D eigenvalue weighted by Crippen LogP contribution is -2.45. The molecule has 224 valence electrons. The number of hydrogen-bond donors (Lipinski definition) is 3. The van der Waals surface area contributed by atoms with Crippen LogP contribution in [0.2, 0.25) is 0 Å². The first kappa shape index (κ1) is 28.6. The molecule has 0 spiro atoms. The molecule has 1 aromatic carbocycles. The van der Waals surface area contributed by atoms with Gasteiger partial charge in [-0.2, -0.15) is 13.2 Å². The molecule has 0 atom stereocenters. The average Bonchev–Trinajstić information content (AvgIpc) is 3.67. The number of nitrogens with two attached hydrogens (primary N) is 1. The highest BCUT2D eigenvalue weighted by Crippen LogP contribution is 2.56. The summed E-state index contributed by atoms with van der Waals surface area (Å²) in [5.74, 6) is -0.488. The van der Waals surface area contributed by atoms with Crippen LogP contribution in [0.15, 0.2) is 55.1 Å². The fourth-order valence-electron chi connectivity index (χ4n) is 6.56. The molecule has 4 N–H and O–H groups in total. The molecular formula is C30H30F3N7O3. The Labute approximate surface area is 244 Å². The average molecular weight is 594 g/mol. The lowest BCUT2D eigenvalue weighted by atomic mass is 9.91. The van der Waals surface area contributed by atoms with Gasteiger partial charge in [-0.15, -0.1) is 0 Å². The summed E-state index contributed by atoms with van der Waals surface area (Å²) >= 11 is 0. The normalized spacial score (nSPS) is 21.3. The summed E-state index contributed by atoms with van der Waals surface area (Å²) in [4.78, 5) is 38.0. The van der Waals surface area contributed by atoms with Gasteiger partial charge >= 0.3 is 6.18 Å². The second-order valence-electron chi connectivity index (χ2n) is 11.3. The molecule has 0 unspecified atom stereocenters. The Morgan fingerprint density at radius 2 is 1.81 bits per heavy atom. The van der Waals surface area contributed by atoms with Crippen LogP contribution in [-0.4, -0.2) is 50.6 Å². The number of carbonyl (C=O) groups excluding carboxylic acids is 2. The molecule has 2 bridgehead atoms. The smallest absolute Gasteiger partial charge is 0.384 e. The predicted octanol–water partition coefficient (Wildman–Crippen LogP) is 4.91. The van der Waals surface area contributed by atoms with Crippen molar-refractivity contribution >= 4 is 34.5 Å². The third kappa shape index (κ3) is 5.29. The molecule has 6 rings (SSSR count). The van der Waals surface area contributed by atoms with Crippen molar-refractivity contribution in [3.05, 3.63) is 66.2 Å². The highest BCUT2D eigenvalue weighted by molar-refractivity contribution is 6.05. The second-order valence-corrected chi connectivity index (χ2v) is 11.3. The maximum absolute atomic E-state index is 13.1. The van der Waals surface area contributed by atoms with Gasteiger partial charge in [-0.1, -0.05) is 12.1 Å². The number of nitrogen functional groups attached to an aromatic ring is 1. The van der Waals surface area contributed by atoms with E-state index in [1.807, 2.05) is 6.20 Å². The molecule has 2 saturated carbocycles. The zero-order chi connectivity index (χ0) is 30.4. The Hall–Kier alpha value is -4.52. The van der Waals surface area contributed by atoms with Gasteiger partial charge in [0.15, 0.2) is 0 Å². The van der Waals surface area contributed by atoms with E-state index in [9.17, 15) is 22.8 Å². The topological polar surface area (TPSA) is 137 Å². The summed E-state index contributed by atoms with van der Waals surface area (Å²) < 4.78 is 46.4. The maximum Gasteiger partial charge on any atom is 0.416 e. The first-order valence-electron chi connectivity index (χ1n) is 13.9. The van der Waals surface area contributed by atoms with Crippen molar-refractivity contribution in [1.29, 1.82) is 0 Å². The van der Waals surface area contributed by atoms with Gasteiger partial charge in [-0.25, -0.2) is 15.0 Å². The molecule has 2 aliphatic rings. The Balaban J connectivity index is 1.27. The lowest BCUT2D eigenvalue weighted by molar-refractivity contribution is -0.137. The van der Waals surface area contributed by atoms with E-state index in [4.69, 9.17) is 10.5 Å². The SMILES string of the molecule is COCCC(=O)NC12CCC(n3cc(-c4ccc(C(=O)Nc5cc(C(F)(F)F)ccn5)cc4)c4c(N)ncnc43)(CC1)C2. The van der Waals surface area contributed by atoms with Crippen molar-refractivity contribution < 1.29 is 27.5 Å². The second kappa shape index (κ2) is 10.6. The Morgan fingerprint density at radius 3 is 2.51 bits per heavy atom. The van der Waals surface area contributed by atoms with Crippen molar-refractivity contribution in [1.82, 2.24) is 24.8 Å². The standard InChI is InChI=1S/C30H30F3N7O3/c1-43-13-7-23(41)39-28-8-10-29(16-28,11-9-28)40-15-21(24-25(34)36-17-37-26(24)40)18-2-4-19(5-3-18)27(42)38-22-14-20(6-12-35-22)30(31,32)33/h2-6,12,14-15,17H,7-11,13,16H2,1H3,(H,39,41)(H2,34,36,37)(H,35,38,42). The van der Waals surface area contributed by atoms with E-state index in [-0.39, 0.29) is 28.4 Å². The molecule has 0 radical (unpaired) electrons. The van der Waals surface area contributed by atoms with Gasteiger partial charge < -0.3 is 25.7 Å². The molecule has 4 aromatic rings. The van der Waals surface area contributed by atoms with Gasteiger partial charge in [-0.3, -0.25) is 9.59 Å². The van der Waals surface area contributed by atoms with E-state index >= 15 is 0 Å². The van der Waals surface area contributed by atoms with Gasteiger partial charge in [-0.05, 0) is 61.9 Å².